The Labute approximate surface area is 116 Å². The number of halogens is 2. The third-order valence-electron chi connectivity index (χ3n) is 3.33. The molecule has 0 radical (unpaired) electrons. The lowest BCUT2D eigenvalue weighted by Crippen LogP contribution is -2.30. The van der Waals surface area contributed by atoms with Crippen LogP contribution in [0.1, 0.15) is 33.1 Å². The van der Waals surface area contributed by atoms with Gasteiger partial charge in [-0.3, -0.25) is 0 Å². The summed E-state index contributed by atoms with van der Waals surface area (Å²) in [5.74, 6) is 2.49. The molecule has 0 spiro atoms. The lowest BCUT2D eigenvalue weighted by Gasteiger charge is -2.32. The number of anilines is 1. The lowest BCUT2D eigenvalue weighted by atomic mass is 9.80. The van der Waals surface area contributed by atoms with Gasteiger partial charge in [0, 0.05) is 12.2 Å². The van der Waals surface area contributed by atoms with E-state index in [0.717, 1.165) is 22.1 Å². The fraction of sp³-hybridized carbons (Fsp3) is 0.615. The fourth-order valence-electron chi connectivity index (χ4n) is 2.78. The first-order chi connectivity index (χ1) is 8.04. The molecule has 1 N–H and O–H groups in total. The van der Waals surface area contributed by atoms with Crippen LogP contribution in [0.3, 0.4) is 0 Å². The van der Waals surface area contributed by atoms with Crippen LogP contribution in [0.4, 0.5) is 5.82 Å². The molecule has 1 aliphatic rings. The number of pyridine rings is 1. The molecular weight excluding hydrogens is 300 g/mol. The van der Waals surface area contributed by atoms with Crippen molar-refractivity contribution in [3.63, 3.8) is 0 Å². The zero-order valence-corrected chi connectivity index (χ0v) is 12.6. The molecule has 2 unspecified atom stereocenters. The summed E-state index contributed by atoms with van der Waals surface area (Å²) in [6.45, 7) is 4.66. The van der Waals surface area contributed by atoms with E-state index >= 15 is 0 Å². The second-order valence-electron chi connectivity index (χ2n) is 5.24. The van der Waals surface area contributed by atoms with Crippen LogP contribution in [0.2, 0.25) is 5.02 Å². The van der Waals surface area contributed by atoms with E-state index in [0.29, 0.717) is 11.1 Å². The predicted octanol–water partition coefficient (Wildman–Crippen LogP) is 4.73. The Hall–Kier alpha value is -0.280. The summed E-state index contributed by atoms with van der Waals surface area (Å²) in [4.78, 5) is 4.33. The number of rotatable bonds is 2. The number of nitrogens with one attached hydrogen (secondary N) is 1. The highest BCUT2D eigenvalue weighted by Gasteiger charge is 2.24. The maximum Gasteiger partial charge on any atom is 0.140 e. The summed E-state index contributed by atoms with van der Waals surface area (Å²) in [6.07, 6.45) is 5.47. The van der Waals surface area contributed by atoms with Gasteiger partial charge in [-0.1, -0.05) is 25.4 Å². The van der Waals surface area contributed by atoms with Crippen LogP contribution in [0, 0.1) is 11.8 Å². The average molecular weight is 318 g/mol. The Kier molecular flexibility index (Phi) is 4.31. The van der Waals surface area contributed by atoms with Crippen molar-refractivity contribution >= 4 is 33.3 Å². The second kappa shape index (κ2) is 5.57. The van der Waals surface area contributed by atoms with Crippen molar-refractivity contribution in [2.24, 2.45) is 11.8 Å². The van der Waals surface area contributed by atoms with Crippen molar-refractivity contribution in [3.8, 4) is 0 Å². The third kappa shape index (κ3) is 3.59. The monoisotopic (exact) mass is 316 g/mol. The maximum atomic E-state index is 5.89. The van der Waals surface area contributed by atoms with Crippen LogP contribution >= 0.6 is 27.5 Å². The number of nitrogens with zero attached hydrogens (tertiary/aromatic N) is 1. The fourth-order valence-corrected chi connectivity index (χ4v) is 3.53. The van der Waals surface area contributed by atoms with Gasteiger partial charge in [-0.05, 0) is 53.1 Å². The van der Waals surface area contributed by atoms with Gasteiger partial charge >= 0.3 is 0 Å². The van der Waals surface area contributed by atoms with E-state index in [-0.39, 0.29) is 0 Å². The van der Waals surface area contributed by atoms with Crippen LogP contribution < -0.4 is 5.32 Å². The molecule has 0 aliphatic heterocycles. The Morgan fingerprint density at radius 3 is 2.53 bits per heavy atom. The molecule has 1 aliphatic carbocycles. The smallest absolute Gasteiger partial charge is 0.140 e. The van der Waals surface area contributed by atoms with Gasteiger partial charge in [0.1, 0.15) is 5.82 Å². The normalized spacial score (nSPS) is 29.1. The molecule has 0 bridgehead atoms. The Morgan fingerprint density at radius 2 is 1.94 bits per heavy atom. The molecule has 1 saturated carbocycles. The first kappa shape index (κ1) is 13.2. The van der Waals surface area contributed by atoms with E-state index in [1.807, 2.05) is 6.07 Å². The summed E-state index contributed by atoms with van der Waals surface area (Å²) in [6, 6.07) is 2.41. The van der Waals surface area contributed by atoms with Crippen molar-refractivity contribution in [2.45, 2.75) is 39.2 Å². The topological polar surface area (TPSA) is 24.9 Å². The largest absolute Gasteiger partial charge is 0.366 e. The van der Waals surface area contributed by atoms with Gasteiger partial charge in [0.05, 0.1) is 9.50 Å². The molecule has 2 rings (SSSR count). The van der Waals surface area contributed by atoms with Crippen molar-refractivity contribution in [3.05, 3.63) is 21.8 Å². The summed E-state index contributed by atoms with van der Waals surface area (Å²) < 4.78 is 0.941. The van der Waals surface area contributed by atoms with Gasteiger partial charge in [0.15, 0.2) is 0 Å². The maximum absolute atomic E-state index is 5.89. The van der Waals surface area contributed by atoms with Gasteiger partial charge in [-0.2, -0.15) is 0 Å². The second-order valence-corrected chi connectivity index (χ2v) is 6.53. The summed E-state index contributed by atoms with van der Waals surface area (Å²) >= 11 is 9.38. The van der Waals surface area contributed by atoms with Crippen LogP contribution in [0.15, 0.2) is 16.7 Å². The Balaban J connectivity index is 2.04. The minimum absolute atomic E-state index is 0.527. The van der Waals surface area contributed by atoms with Crippen molar-refractivity contribution < 1.29 is 0 Å². The van der Waals surface area contributed by atoms with Crippen molar-refractivity contribution in [2.75, 3.05) is 5.32 Å². The minimum Gasteiger partial charge on any atom is -0.366 e. The summed E-state index contributed by atoms with van der Waals surface area (Å²) in [5, 5.41) is 4.18. The molecular formula is C13H18BrClN2. The van der Waals surface area contributed by atoms with Crippen LogP contribution in [0.25, 0.3) is 0 Å². The first-order valence-electron chi connectivity index (χ1n) is 6.12. The molecule has 2 nitrogen and oxygen atoms in total. The lowest BCUT2D eigenvalue weighted by molar-refractivity contribution is 0.280. The van der Waals surface area contributed by atoms with E-state index < -0.39 is 0 Å². The first-order valence-corrected chi connectivity index (χ1v) is 7.29. The van der Waals surface area contributed by atoms with E-state index in [2.05, 4.69) is 40.1 Å². The van der Waals surface area contributed by atoms with Gasteiger partial charge < -0.3 is 5.32 Å². The number of hydrogen-bond donors (Lipinski definition) is 1. The van der Waals surface area contributed by atoms with Crippen LogP contribution in [-0.4, -0.2) is 11.0 Å². The van der Waals surface area contributed by atoms with Gasteiger partial charge in [0.2, 0.25) is 0 Å². The minimum atomic E-state index is 0.527. The summed E-state index contributed by atoms with van der Waals surface area (Å²) in [5.41, 5.74) is 0. The molecule has 0 amide bonds. The zero-order chi connectivity index (χ0) is 12.4. The predicted molar refractivity (Wildman–Crippen MR) is 76.5 cm³/mol. The van der Waals surface area contributed by atoms with Crippen LogP contribution in [0.5, 0.6) is 0 Å². The Bertz CT molecular complexity index is 387. The molecule has 0 saturated heterocycles. The van der Waals surface area contributed by atoms with E-state index in [4.69, 9.17) is 11.6 Å². The van der Waals surface area contributed by atoms with Gasteiger partial charge in [-0.15, -0.1) is 0 Å². The van der Waals surface area contributed by atoms with E-state index in [1.165, 1.54) is 19.3 Å². The standard InChI is InChI=1S/C13H18BrClN2/c1-8-3-9(2)5-11(4-8)17-13-12(14)6-10(15)7-16-13/h6-9,11H,3-5H2,1-2H3,(H,16,17). The van der Waals surface area contributed by atoms with E-state index in [9.17, 15) is 0 Å². The third-order valence-corrected chi connectivity index (χ3v) is 4.14. The summed E-state index contributed by atoms with van der Waals surface area (Å²) in [7, 11) is 0. The quantitative estimate of drug-likeness (QED) is 0.852. The van der Waals surface area contributed by atoms with Gasteiger partial charge in [-0.25, -0.2) is 4.98 Å². The molecule has 2 atom stereocenters. The van der Waals surface area contributed by atoms with Crippen molar-refractivity contribution in [1.29, 1.82) is 0 Å². The molecule has 1 heterocycles. The van der Waals surface area contributed by atoms with Gasteiger partial charge in [0.25, 0.3) is 0 Å². The van der Waals surface area contributed by atoms with Crippen LogP contribution in [-0.2, 0) is 0 Å². The van der Waals surface area contributed by atoms with Crippen molar-refractivity contribution in [1.82, 2.24) is 4.98 Å². The zero-order valence-electron chi connectivity index (χ0n) is 10.2. The highest BCUT2D eigenvalue weighted by molar-refractivity contribution is 9.10. The Morgan fingerprint density at radius 1 is 1.29 bits per heavy atom. The SMILES string of the molecule is CC1CC(C)CC(Nc2ncc(Cl)cc2Br)C1. The molecule has 94 valence electrons. The molecule has 17 heavy (non-hydrogen) atoms. The molecule has 1 aromatic heterocycles. The van der Waals surface area contributed by atoms with E-state index in [1.54, 1.807) is 6.20 Å². The molecule has 4 heteroatoms. The molecule has 1 aromatic rings. The number of aromatic nitrogens is 1. The molecule has 1 fully saturated rings. The average Bonchev–Trinajstić information content (AvgIpc) is 2.21. The highest BCUT2D eigenvalue weighted by atomic mass is 79.9. The molecule has 0 aromatic carbocycles. The highest BCUT2D eigenvalue weighted by Crippen LogP contribution is 2.32. The number of hydrogen-bond acceptors (Lipinski definition) is 2.